The van der Waals surface area contributed by atoms with Crippen LogP contribution in [-0.4, -0.2) is 27.9 Å². The number of hydrogen-bond donors (Lipinski definition) is 0. The molecule has 11 heavy (non-hydrogen) atoms. The normalized spacial score (nSPS) is 10.1. The zero-order valence-electron chi connectivity index (χ0n) is 7.55. The molecule has 0 saturated carbocycles. The molecule has 0 aliphatic heterocycles. The Kier molecular flexibility index (Phi) is 9.16. The fraction of sp³-hybridized carbons (Fsp3) is 1.00. The number of unbranched alkanes of at least 4 members (excludes halogenated alkanes) is 1. The average molecular weight is 197 g/mol. The summed E-state index contributed by atoms with van der Waals surface area (Å²) in [5.41, 5.74) is 0. The molecule has 0 spiro atoms. The molecule has 0 aromatic heterocycles. The van der Waals surface area contributed by atoms with Gasteiger partial charge in [0, 0.05) is 0 Å². The van der Waals surface area contributed by atoms with Gasteiger partial charge in [-0.3, -0.25) is 0 Å². The zero-order chi connectivity index (χ0) is 8.53. The molecule has 0 radical (unpaired) electrons. The molecular weight excluding hydrogens is 180 g/mol. The quantitative estimate of drug-likeness (QED) is 0.458. The van der Waals surface area contributed by atoms with E-state index in [4.69, 9.17) is 11.4 Å². The summed E-state index contributed by atoms with van der Waals surface area (Å²) >= 11 is -1.54. The van der Waals surface area contributed by atoms with Crippen LogP contribution in [0.1, 0.15) is 12.8 Å². The van der Waals surface area contributed by atoms with Crippen molar-refractivity contribution in [3.05, 3.63) is 0 Å². The first-order valence-electron chi connectivity index (χ1n) is 3.78. The van der Waals surface area contributed by atoms with Crippen molar-refractivity contribution < 1.29 is 30.0 Å². The molecule has 0 saturated heterocycles. The number of ether oxygens (including phenoxy) is 1. The van der Waals surface area contributed by atoms with Gasteiger partial charge in [0.1, 0.15) is 0 Å². The monoisotopic (exact) mass is 197 g/mol. The molecule has 67 valence electrons. The van der Waals surface area contributed by atoms with E-state index in [1.54, 1.807) is 21.3 Å². The molecule has 0 aliphatic rings. The molecule has 0 heterocycles. The molecule has 0 bridgehead atoms. The van der Waals surface area contributed by atoms with Crippen LogP contribution >= 0.6 is 0 Å². The fourth-order valence-electron chi connectivity index (χ4n) is 0.803. The molecule has 0 rings (SSSR count). The number of hydrogen-bond acceptors (Lipinski definition) is 3. The Morgan fingerprint density at radius 3 is 2.09 bits per heavy atom. The van der Waals surface area contributed by atoms with E-state index < -0.39 is 18.6 Å². The summed E-state index contributed by atoms with van der Waals surface area (Å²) in [5.74, 6) is 0. The third kappa shape index (κ3) is 6.97. The number of methoxy groups -OCH3 is 1. The van der Waals surface area contributed by atoms with E-state index in [1.165, 1.54) is 0 Å². The van der Waals surface area contributed by atoms with Gasteiger partial charge in [0.2, 0.25) is 0 Å². The van der Waals surface area contributed by atoms with E-state index in [0.717, 1.165) is 24.2 Å². The predicted molar refractivity (Wildman–Crippen MR) is 39.9 cm³/mol. The maximum absolute atomic E-state index is 5.18. The van der Waals surface area contributed by atoms with Gasteiger partial charge in [0.05, 0.1) is 0 Å². The Hall–Kier alpha value is 0.594. The Morgan fingerprint density at radius 2 is 1.64 bits per heavy atom. The third-order valence-electron chi connectivity index (χ3n) is 1.43. The Bertz CT molecular complexity index is 76.1. The molecule has 0 atom stereocenters. The van der Waals surface area contributed by atoms with Crippen LogP contribution in [0.4, 0.5) is 0 Å². The van der Waals surface area contributed by atoms with E-state index in [0.29, 0.717) is 0 Å². The van der Waals surface area contributed by atoms with E-state index in [1.807, 2.05) is 0 Å². The first kappa shape index (κ1) is 11.6. The van der Waals surface area contributed by atoms with E-state index in [9.17, 15) is 0 Å². The van der Waals surface area contributed by atoms with Crippen molar-refractivity contribution in [3.8, 4) is 0 Å². The Balaban J connectivity index is 3.07. The molecule has 3 nitrogen and oxygen atoms in total. The molecular formula is C7H17O3Ti. The van der Waals surface area contributed by atoms with Crippen molar-refractivity contribution >= 4 is 0 Å². The van der Waals surface area contributed by atoms with Crippen LogP contribution in [0, 0.1) is 0 Å². The summed E-state index contributed by atoms with van der Waals surface area (Å²) in [5, 5.41) is 0. The van der Waals surface area contributed by atoms with Gasteiger partial charge >= 0.3 is 75.5 Å². The van der Waals surface area contributed by atoms with Crippen molar-refractivity contribution in [1.82, 2.24) is 0 Å². The maximum atomic E-state index is 5.18. The second-order valence-electron chi connectivity index (χ2n) is 2.23. The van der Waals surface area contributed by atoms with Crippen molar-refractivity contribution in [3.63, 3.8) is 0 Å². The van der Waals surface area contributed by atoms with Crippen molar-refractivity contribution in [1.29, 1.82) is 0 Å². The number of rotatable bonds is 7. The summed E-state index contributed by atoms with van der Waals surface area (Å²) in [4.78, 5) is 0. The van der Waals surface area contributed by atoms with Crippen LogP contribution in [0.25, 0.3) is 0 Å². The second-order valence-corrected chi connectivity index (χ2v) is 5.45. The first-order chi connectivity index (χ1) is 5.35. The van der Waals surface area contributed by atoms with Gasteiger partial charge in [-0.2, -0.15) is 0 Å². The Morgan fingerprint density at radius 1 is 1.00 bits per heavy atom. The van der Waals surface area contributed by atoms with Crippen molar-refractivity contribution in [2.75, 3.05) is 27.9 Å². The fourth-order valence-corrected chi connectivity index (χ4v) is 2.54. The molecule has 0 fully saturated rings. The minimum atomic E-state index is -1.54. The van der Waals surface area contributed by atoms with Gasteiger partial charge in [-0.05, 0) is 0 Å². The summed E-state index contributed by atoms with van der Waals surface area (Å²) in [7, 11) is 5.19. The predicted octanol–water partition coefficient (Wildman–Crippen LogP) is 1.57. The van der Waals surface area contributed by atoms with Crippen LogP contribution in [0.3, 0.4) is 0 Å². The second kappa shape index (κ2) is 8.69. The summed E-state index contributed by atoms with van der Waals surface area (Å²) in [6.07, 6.45) is 2.27. The van der Waals surface area contributed by atoms with Crippen LogP contribution in [0.15, 0.2) is 0 Å². The molecule has 0 aliphatic carbocycles. The van der Waals surface area contributed by atoms with Gasteiger partial charge in [0.15, 0.2) is 0 Å². The molecule has 0 N–H and O–H groups in total. The molecule has 0 unspecified atom stereocenters. The molecule has 0 aromatic carbocycles. The van der Waals surface area contributed by atoms with Crippen LogP contribution in [0.5, 0.6) is 0 Å². The first-order valence-corrected chi connectivity index (χ1v) is 6.15. The Labute approximate surface area is 75.8 Å². The molecule has 4 heteroatoms. The van der Waals surface area contributed by atoms with E-state index >= 15 is 0 Å². The summed E-state index contributed by atoms with van der Waals surface area (Å²) < 4.78 is 16.4. The van der Waals surface area contributed by atoms with Crippen LogP contribution in [-0.2, 0) is 30.0 Å². The van der Waals surface area contributed by atoms with Crippen molar-refractivity contribution in [2.45, 2.75) is 17.6 Å². The van der Waals surface area contributed by atoms with E-state index in [-0.39, 0.29) is 0 Å². The van der Waals surface area contributed by atoms with Gasteiger partial charge in [-0.1, -0.05) is 0 Å². The molecule has 0 aromatic rings. The SMILES string of the molecule is COCCC[CH2][Ti]([O]C)[O]C. The third-order valence-corrected chi connectivity index (χ3v) is 4.05. The van der Waals surface area contributed by atoms with Gasteiger partial charge < -0.3 is 0 Å². The average Bonchev–Trinajstić information content (AvgIpc) is 2.05. The topological polar surface area (TPSA) is 27.7 Å². The van der Waals surface area contributed by atoms with Gasteiger partial charge in [-0.15, -0.1) is 0 Å². The van der Waals surface area contributed by atoms with Crippen molar-refractivity contribution in [2.24, 2.45) is 0 Å². The van der Waals surface area contributed by atoms with E-state index in [2.05, 4.69) is 0 Å². The summed E-state index contributed by atoms with van der Waals surface area (Å²) in [6.45, 7) is 0.846. The molecule has 0 amide bonds. The standard InChI is InChI=1S/C5H11O.2CH3O.Ti/c1-3-4-5-6-2;2*1-2;/h1,3-5H2,2H3;2*1H3;/q;2*-1;+2. The van der Waals surface area contributed by atoms with Gasteiger partial charge in [0.25, 0.3) is 0 Å². The van der Waals surface area contributed by atoms with Gasteiger partial charge in [-0.25, -0.2) is 0 Å². The zero-order valence-corrected chi connectivity index (χ0v) is 9.11. The van der Waals surface area contributed by atoms with Crippen LogP contribution < -0.4 is 0 Å². The van der Waals surface area contributed by atoms with Crippen LogP contribution in [0.2, 0.25) is 4.73 Å². The summed E-state index contributed by atoms with van der Waals surface area (Å²) in [6, 6.07) is 0. The minimum absolute atomic E-state index is 0.846.